The molecule has 8 heteroatoms. The van der Waals surface area contributed by atoms with E-state index in [1.54, 1.807) is 18.7 Å². The summed E-state index contributed by atoms with van der Waals surface area (Å²) < 4.78 is 38.7. The van der Waals surface area contributed by atoms with Gasteiger partial charge in [-0.2, -0.15) is 18.3 Å². The number of hydrogen-bond donors (Lipinski definition) is 1. The molecule has 0 amide bonds. The summed E-state index contributed by atoms with van der Waals surface area (Å²) in [6.07, 6.45) is -3.13. The summed E-state index contributed by atoms with van der Waals surface area (Å²) in [7, 11) is 1.69. The largest absolute Gasteiger partial charge is 0.443 e. The molecule has 0 aromatic carbocycles. The number of aromatic nitrogens is 3. The second kappa shape index (κ2) is 4.36. The van der Waals surface area contributed by atoms with E-state index in [-0.39, 0.29) is 4.88 Å². The summed E-state index contributed by atoms with van der Waals surface area (Å²) in [6.45, 7) is 1.73. The molecule has 2 heterocycles. The van der Waals surface area contributed by atoms with Gasteiger partial charge in [0.1, 0.15) is 6.10 Å². The van der Waals surface area contributed by atoms with E-state index in [1.165, 1.54) is 6.20 Å². The van der Waals surface area contributed by atoms with Crippen LogP contribution in [0.3, 0.4) is 0 Å². The average Bonchev–Trinajstić information content (AvgIpc) is 2.86. The Morgan fingerprint density at radius 1 is 1.39 bits per heavy atom. The van der Waals surface area contributed by atoms with Crippen LogP contribution in [0.25, 0.3) is 0 Å². The molecule has 2 aromatic heterocycles. The van der Waals surface area contributed by atoms with E-state index in [2.05, 4.69) is 10.1 Å². The van der Waals surface area contributed by atoms with Crippen LogP contribution in [0, 0.1) is 6.92 Å². The zero-order chi connectivity index (χ0) is 13.5. The van der Waals surface area contributed by atoms with Gasteiger partial charge < -0.3 is 5.11 Å². The van der Waals surface area contributed by atoms with E-state index in [0.717, 1.165) is 6.20 Å². The molecule has 0 saturated heterocycles. The number of rotatable bonds is 2. The summed E-state index contributed by atoms with van der Waals surface area (Å²) in [5, 5.41) is 13.0. The molecule has 1 unspecified atom stereocenters. The number of aryl methyl sites for hydroxylation is 1. The Hall–Kier alpha value is -1.41. The first kappa shape index (κ1) is 13.0. The summed E-state index contributed by atoms with van der Waals surface area (Å²) in [5.74, 6) is 0. The molecular weight excluding hydrogens is 267 g/mol. The molecule has 0 bridgehead atoms. The van der Waals surface area contributed by atoms with Crippen LogP contribution in [0.1, 0.15) is 27.2 Å². The Balaban J connectivity index is 2.32. The van der Waals surface area contributed by atoms with Crippen LogP contribution >= 0.6 is 11.3 Å². The quantitative estimate of drug-likeness (QED) is 0.916. The number of aliphatic hydroxyl groups is 1. The number of halogens is 3. The van der Waals surface area contributed by atoms with Gasteiger partial charge in [0.25, 0.3) is 0 Å². The first-order valence-corrected chi connectivity index (χ1v) is 5.82. The number of hydrogen-bond acceptors (Lipinski definition) is 4. The Kier molecular flexibility index (Phi) is 3.16. The van der Waals surface area contributed by atoms with Gasteiger partial charge in [-0.05, 0) is 6.92 Å². The van der Waals surface area contributed by atoms with E-state index in [9.17, 15) is 18.3 Å². The molecule has 98 valence electrons. The van der Waals surface area contributed by atoms with Gasteiger partial charge in [0.05, 0.1) is 11.1 Å². The lowest BCUT2D eigenvalue weighted by molar-refractivity contribution is -0.137. The molecule has 2 rings (SSSR count). The van der Waals surface area contributed by atoms with Crippen LogP contribution in [-0.4, -0.2) is 19.9 Å². The molecule has 4 nitrogen and oxygen atoms in total. The molecule has 0 fully saturated rings. The zero-order valence-corrected chi connectivity index (χ0v) is 10.4. The summed E-state index contributed by atoms with van der Waals surface area (Å²) in [4.78, 5) is 3.43. The van der Waals surface area contributed by atoms with Gasteiger partial charge in [-0.1, -0.05) is 0 Å². The van der Waals surface area contributed by atoms with Gasteiger partial charge in [-0.15, -0.1) is 11.3 Å². The highest BCUT2D eigenvalue weighted by molar-refractivity contribution is 7.11. The van der Waals surface area contributed by atoms with Crippen LogP contribution in [0.15, 0.2) is 12.4 Å². The van der Waals surface area contributed by atoms with E-state index >= 15 is 0 Å². The van der Waals surface area contributed by atoms with E-state index in [0.29, 0.717) is 22.6 Å². The molecule has 0 aliphatic rings. The summed E-state index contributed by atoms with van der Waals surface area (Å²) in [5.41, 5.74) is 1.18. The number of thiazole rings is 1. The Labute approximate surface area is 105 Å². The van der Waals surface area contributed by atoms with Crippen LogP contribution in [0.5, 0.6) is 0 Å². The summed E-state index contributed by atoms with van der Waals surface area (Å²) >= 11 is 0.438. The third-order valence-electron chi connectivity index (χ3n) is 2.60. The number of aliphatic hydroxyl groups excluding tert-OH is 1. The normalized spacial score (nSPS) is 13.9. The monoisotopic (exact) mass is 277 g/mol. The van der Waals surface area contributed by atoms with Gasteiger partial charge in [0.15, 0.2) is 5.01 Å². The number of alkyl halides is 3. The standard InChI is InChI=1S/C10H10F3N3OS/c1-5-6(3-15-16(5)2)8(17)7-4-14-9(18-7)10(11,12)13/h3-4,8,17H,1-2H3. The lowest BCUT2D eigenvalue weighted by atomic mass is 10.1. The fourth-order valence-corrected chi connectivity index (χ4v) is 2.27. The zero-order valence-electron chi connectivity index (χ0n) is 9.56. The second-order valence-corrected chi connectivity index (χ2v) is 4.84. The third kappa shape index (κ3) is 2.25. The van der Waals surface area contributed by atoms with Gasteiger partial charge in [0.2, 0.25) is 0 Å². The molecule has 18 heavy (non-hydrogen) atoms. The van der Waals surface area contributed by atoms with Crippen molar-refractivity contribution < 1.29 is 18.3 Å². The first-order chi connectivity index (χ1) is 8.30. The molecule has 1 N–H and O–H groups in total. The first-order valence-electron chi connectivity index (χ1n) is 5.00. The lowest BCUT2D eigenvalue weighted by Crippen LogP contribution is -2.03. The van der Waals surface area contributed by atoms with Crippen molar-refractivity contribution in [2.75, 3.05) is 0 Å². The molecule has 1 atom stereocenters. The molecule has 0 aliphatic heterocycles. The van der Waals surface area contributed by atoms with Crippen molar-refractivity contribution in [2.24, 2.45) is 7.05 Å². The fourth-order valence-electron chi connectivity index (χ4n) is 1.48. The van der Waals surface area contributed by atoms with Crippen molar-refractivity contribution in [2.45, 2.75) is 19.2 Å². The molecular formula is C10H10F3N3OS. The lowest BCUT2D eigenvalue weighted by Gasteiger charge is -2.07. The van der Waals surface area contributed by atoms with Gasteiger partial charge >= 0.3 is 6.18 Å². The SMILES string of the molecule is Cc1c(C(O)c2cnc(C(F)(F)F)s2)cnn1C. The topological polar surface area (TPSA) is 50.9 Å². The minimum absolute atomic E-state index is 0.151. The van der Waals surface area contributed by atoms with Crippen molar-refractivity contribution in [3.63, 3.8) is 0 Å². The van der Waals surface area contributed by atoms with E-state index < -0.39 is 17.3 Å². The maximum atomic E-state index is 12.4. The molecule has 0 spiro atoms. The van der Waals surface area contributed by atoms with Gasteiger partial charge in [0, 0.05) is 24.5 Å². The molecule has 0 saturated carbocycles. The summed E-state index contributed by atoms with van der Waals surface area (Å²) in [6, 6.07) is 0. The van der Waals surface area contributed by atoms with Crippen molar-refractivity contribution in [3.05, 3.63) is 33.5 Å². The Morgan fingerprint density at radius 3 is 2.50 bits per heavy atom. The maximum Gasteiger partial charge on any atom is 0.443 e. The maximum absolute atomic E-state index is 12.4. The smallest absolute Gasteiger partial charge is 0.383 e. The highest BCUT2D eigenvalue weighted by Gasteiger charge is 2.35. The third-order valence-corrected chi connectivity index (χ3v) is 3.70. The minimum Gasteiger partial charge on any atom is -0.383 e. The predicted octanol–water partition coefficient (Wildman–Crippen LogP) is 2.29. The predicted molar refractivity (Wildman–Crippen MR) is 59.1 cm³/mol. The van der Waals surface area contributed by atoms with Crippen LogP contribution in [0.4, 0.5) is 13.2 Å². The molecule has 0 radical (unpaired) electrons. The van der Waals surface area contributed by atoms with Crippen molar-refractivity contribution in [1.29, 1.82) is 0 Å². The van der Waals surface area contributed by atoms with E-state index in [4.69, 9.17) is 0 Å². The van der Waals surface area contributed by atoms with E-state index in [1.807, 2.05) is 0 Å². The average molecular weight is 277 g/mol. The van der Waals surface area contributed by atoms with Crippen LogP contribution < -0.4 is 0 Å². The van der Waals surface area contributed by atoms with Crippen LogP contribution in [0.2, 0.25) is 0 Å². The number of nitrogens with zero attached hydrogens (tertiary/aromatic N) is 3. The highest BCUT2D eigenvalue weighted by atomic mass is 32.1. The van der Waals surface area contributed by atoms with Crippen LogP contribution in [-0.2, 0) is 13.2 Å². The van der Waals surface area contributed by atoms with Gasteiger partial charge in [-0.25, -0.2) is 4.98 Å². The fraction of sp³-hybridized carbons (Fsp3) is 0.400. The van der Waals surface area contributed by atoms with Crippen molar-refractivity contribution in [1.82, 2.24) is 14.8 Å². The molecule has 0 aliphatic carbocycles. The van der Waals surface area contributed by atoms with Gasteiger partial charge in [-0.3, -0.25) is 4.68 Å². The van der Waals surface area contributed by atoms with Crippen molar-refractivity contribution >= 4 is 11.3 Å². The Bertz CT molecular complexity index is 561. The minimum atomic E-state index is -4.48. The molecule has 2 aromatic rings. The Morgan fingerprint density at radius 2 is 2.06 bits per heavy atom. The highest BCUT2D eigenvalue weighted by Crippen LogP contribution is 2.36. The second-order valence-electron chi connectivity index (χ2n) is 3.78. The van der Waals surface area contributed by atoms with Crippen molar-refractivity contribution in [3.8, 4) is 0 Å².